The molecule has 2 fully saturated rings. The van der Waals surface area contributed by atoms with Gasteiger partial charge < -0.3 is 44.8 Å². The number of amides is 3. The maximum Gasteiger partial charge on any atom is 0.410 e. The molecule has 2 saturated carbocycles. The molecule has 15 heteroatoms. The van der Waals surface area contributed by atoms with Gasteiger partial charge in [-0.2, -0.15) is 0 Å². The molecule has 3 amide bonds. The first kappa shape index (κ1) is 62.8. The van der Waals surface area contributed by atoms with Crippen molar-refractivity contribution in [3.63, 3.8) is 0 Å². The Morgan fingerprint density at radius 2 is 1.06 bits per heavy atom. The van der Waals surface area contributed by atoms with Crippen LogP contribution in [0.15, 0.2) is 59.7 Å². The van der Waals surface area contributed by atoms with Crippen LogP contribution in [0.4, 0.5) is 9.59 Å². The van der Waals surface area contributed by atoms with Gasteiger partial charge in [0.15, 0.2) is 11.6 Å². The van der Waals surface area contributed by atoms with E-state index >= 15 is 0 Å². The van der Waals surface area contributed by atoms with Gasteiger partial charge in [0.05, 0.1) is 24.0 Å². The number of aliphatic carboxylic acids is 1. The number of fused-ring (bicyclic) bond motifs is 4. The quantitative estimate of drug-likeness (QED) is 0.140. The van der Waals surface area contributed by atoms with E-state index in [0.717, 1.165) is 64.2 Å². The lowest BCUT2D eigenvalue weighted by Gasteiger charge is -2.45. The number of nitrogens with zero attached hydrogens (tertiary/aromatic N) is 3. The third kappa shape index (κ3) is 16.8. The van der Waals surface area contributed by atoms with Crippen LogP contribution < -0.4 is 5.32 Å². The zero-order valence-electron chi connectivity index (χ0n) is 49.6. The molecule has 79 heavy (non-hydrogen) atoms. The molecule has 4 unspecified atom stereocenters. The third-order valence-corrected chi connectivity index (χ3v) is 16.5. The maximum absolute atomic E-state index is 14.2. The molecule has 2 aromatic rings. The van der Waals surface area contributed by atoms with E-state index in [1.807, 2.05) is 58.6 Å². The summed E-state index contributed by atoms with van der Waals surface area (Å²) in [6.07, 6.45) is 10.5. The monoisotopic (exact) mass is 1090 g/mol. The number of aliphatic hydroxyl groups is 2. The maximum atomic E-state index is 14.2. The molecule has 2 aromatic carbocycles. The molecule has 2 aliphatic heterocycles. The number of hydrogen-bond acceptors (Lipinski definition) is 11. The number of carbonyl (C=O) groups is 6. The summed E-state index contributed by atoms with van der Waals surface area (Å²) in [5.41, 5.74) is 9.37. The van der Waals surface area contributed by atoms with E-state index in [-0.39, 0.29) is 66.2 Å². The van der Waals surface area contributed by atoms with Crippen LogP contribution in [0.5, 0.6) is 0 Å². The fourth-order valence-electron chi connectivity index (χ4n) is 12.7. The number of ketones is 2. The summed E-state index contributed by atoms with van der Waals surface area (Å²) in [5, 5.41) is 31.5. The van der Waals surface area contributed by atoms with Crippen molar-refractivity contribution in [2.45, 2.75) is 194 Å². The zero-order valence-corrected chi connectivity index (χ0v) is 49.6. The van der Waals surface area contributed by atoms with Crippen LogP contribution >= 0.6 is 0 Å². The standard InChI is InChI=1S/C32H46N2O5.C18H23NO2.C14H25NO4/c1-20(2)15-27-26-16-23-9-7-8-10-24(23)25(26)17-28(29(36)19-35)34(27)30(37)22-13-11-21(12-14-22)18-33(6)31(38)39-32(3,4)5;1-11(2)7-16-15-8-12-5-3-4-6-13(12)14(15)9-17(19-16)18(21)10-20;1-14(2,3)19-13(18)15(4)9-10-5-7-11(8-6-10)12(16)17/h7-10,20-22,27-28,35H,11-19H2,1-6H3;3-6,11,16-17,19-20H,7-10H2,1-2H3;10-11H,5-9H2,1-4H3,(H,16,17). The molecule has 0 aromatic heterocycles. The fourth-order valence-corrected chi connectivity index (χ4v) is 12.7. The predicted octanol–water partition coefficient (Wildman–Crippen LogP) is 10.3. The topological polar surface area (TPSA) is 203 Å². The first-order valence-electron chi connectivity index (χ1n) is 29.2. The molecular weight excluding hydrogens is 1000 g/mol. The summed E-state index contributed by atoms with van der Waals surface area (Å²) >= 11 is 0. The summed E-state index contributed by atoms with van der Waals surface area (Å²) < 4.78 is 10.8. The predicted molar refractivity (Wildman–Crippen MR) is 308 cm³/mol. The van der Waals surface area contributed by atoms with Crippen molar-refractivity contribution in [2.75, 3.05) is 40.4 Å². The molecule has 2 heterocycles. The van der Waals surface area contributed by atoms with Crippen LogP contribution in [0.1, 0.15) is 169 Å². The molecule has 0 bridgehead atoms. The Hall–Kier alpha value is -5.38. The van der Waals surface area contributed by atoms with Gasteiger partial charge in [-0.05, 0) is 193 Å². The van der Waals surface area contributed by atoms with Crippen molar-refractivity contribution < 1.29 is 53.6 Å². The average Bonchev–Trinajstić information content (AvgIpc) is 4.21. The number of carbonyl (C=O) groups excluding carboxylic acids is 5. The average molecular weight is 1100 g/mol. The molecule has 15 nitrogen and oxygen atoms in total. The number of aliphatic hydroxyl groups excluding tert-OH is 2. The highest BCUT2D eigenvalue weighted by Gasteiger charge is 2.46. The van der Waals surface area contributed by atoms with Crippen LogP contribution in [-0.2, 0) is 41.5 Å². The molecule has 8 rings (SSSR count). The number of ether oxygens (including phenoxy) is 2. The number of carboxylic acids is 1. The molecule has 0 saturated heterocycles. The van der Waals surface area contributed by atoms with Gasteiger partial charge in [0, 0.05) is 45.6 Å². The molecule has 0 radical (unpaired) electrons. The van der Waals surface area contributed by atoms with Gasteiger partial charge in [-0.25, -0.2) is 9.59 Å². The fraction of sp³-hybridized carbons (Fsp3) is 0.656. The van der Waals surface area contributed by atoms with Gasteiger partial charge in [0.1, 0.15) is 24.4 Å². The van der Waals surface area contributed by atoms with Crippen molar-refractivity contribution >= 4 is 46.8 Å². The first-order chi connectivity index (χ1) is 37.2. The Balaban J connectivity index is 0.000000212. The number of rotatable bonds is 14. The van der Waals surface area contributed by atoms with Crippen LogP contribution in [0.25, 0.3) is 11.1 Å². The Labute approximate surface area is 470 Å². The van der Waals surface area contributed by atoms with Crippen LogP contribution in [0.3, 0.4) is 0 Å². The smallest absolute Gasteiger partial charge is 0.410 e. The summed E-state index contributed by atoms with van der Waals surface area (Å²) in [6, 6.07) is 16.1. The van der Waals surface area contributed by atoms with Gasteiger partial charge in [-0.15, -0.1) is 0 Å². The molecule has 4 atom stereocenters. The van der Waals surface area contributed by atoms with E-state index in [1.165, 1.54) is 44.5 Å². The summed E-state index contributed by atoms with van der Waals surface area (Å²) in [5.74, 6) is 0.243. The molecule has 0 spiro atoms. The second-order valence-corrected chi connectivity index (χ2v) is 26.1. The lowest BCUT2D eigenvalue weighted by Crippen LogP contribution is -2.56. The van der Waals surface area contributed by atoms with Crippen molar-refractivity contribution in [1.82, 2.24) is 20.0 Å². The van der Waals surface area contributed by atoms with E-state index in [0.29, 0.717) is 62.4 Å². The SMILES string of the molecule is CC(C)CC1C2=C(CC(C(=O)CO)N1C(=O)C1CCC(CN(C)C(=O)OC(C)(C)C)CC1)c1ccccc1C2.CC(C)CC1NC(C(=O)CO)CC2=C1Cc1ccccc12.CN(CC1CCC(C(=O)O)CC1)C(=O)OC(C)(C)C. The van der Waals surface area contributed by atoms with Gasteiger partial charge in [0.25, 0.3) is 0 Å². The molecular formula is C64H94N4O11. The van der Waals surface area contributed by atoms with Gasteiger partial charge in [-0.1, -0.05) is 76.2 Å². The minimum absolute atomic E-state index is 0.0499. The highest BCUT2D eigenvalue weighted by molar-refractivity contribution is 5.95. The van der Waals surface area contributed by atoms with Crippen molar-refractivity contribution in [1.29, 1.82) is 0 Å². The Bertz CT molecular complexity index is 2540. The van der Waals surface area contributed by atoms with Gasteiger partial charge in [0.2, 0.25) is 5.91 Å². The zero-order chi connectivity index (χ0) is 58.1. The number of benzene rings is 2. The van der Waals surface area contributed by atoms with E-state index in [1.54, 1.807) is 23.9 Å². The lowest BCUT2D eigenvalue weighted by molar-refractivity contribution is -0.147. The summed E-state index contributed by atoms with van der Waals surface area (Å²) in [4.78, 5) is 79.5. The van der Waals surface area contributed by atoms with Crippen LogP contribution in [-0.4, -0.2) is 141 Å². The number of nitrogens with one attached hydrogen (secondary N) is 1. The summed E-state index contributed by atoms with van der Waals surface area (Å²) in [7, 11) is 3.50. The summed E-state index contributed by atoms with van der Waals surface area (Å²) in [6.45, 7) is 20.2. The van der Waals surface area contributed by atoms with E-state index in [9.17, 15) is 39.0 Å². The number of hydrogen-bond donors (Lipinski definition) is 4. The van der Waals surface area contributed by atoms with E-state index in [4.69, 9.17) is 14.6 Å². The van der Waals surface area contributed by atoms with Crippen LogP contribution in [0.2, 0.25) is 0 Å². The molecule has 4 N–H and O–H groups in total. The van der Waals surface area contributed by atoms with E-state index < -0.39 is 29.8 Å². The van der Waals surface area contributed by atoms with E-state index in [2.05, 4.69) is 69.4 Å². The highest BCUT2D eigenvalue weighted by atomic mass is 16.6. The Morgan fingerprint density at radius 1 is 0.620 bits per heavy atom. The second-order valence-electron chi connectivity index (χ2n) is 26.1. The highest BCUT2D eigenvalue weighted by Crippen LogP contribution is 2.46. The lowest BCUT2D eigenvalue weighted by atomic mass is 9.78. The van der Waals surface area contributed by atoms with Crippen molar-refractivity contribution in [3.8, 4) is 0 Å². The van der Waals surface area contributed by atoms with Crippen molar-refractivity contribution in [2.24, 2.45) is 35.5 Å². The largest absolute Gasteiger partial charge is 0.481 e. The van der Waals surface area contributed by atoms with Crippen molar-refractivity contribution in [3.05, 3.63) is 81.9 Å². The minimum Gasteiger partial charge on any atom is -0.481 e. The number of Topliss-reactive ketones (excluding diaryl/α,β-unsaturated/α-hetero) is 2. The molecule has 436 valence electrons. The third-order valence-electron chi connectivity index (χ3n) is 16.5. The van der Waals surface area contributed by atoms with Crippen LogP contribution in [0, 0.1) is 35.5 Å². The minimum atomic E-state index is -0.695. The van der Waals surface area contributed by atoms with Gasteiger partial charge >= 0.3 is 18.2 Å². The number of carboxylic acid groups (broad SMARTS) is 1. The van der Waals surface area contributed by atoms with Gasteiger partial charge in [-0.3, -0.25) is 19.2 Å². The molecule has 6 aliphatic rings. The normalized spacial score (nSPS) is 24.4. The Morgan fingerprint density at radius 3 is 1.51 bits per heavy atom. The second kappa shape index (κ2) is 27.4. The Kier molecular flexibility index (Phi) is 21.8. The first-order valence-corrected chi connectivity index (χ1v) is 29.2. The molecule has 4 aliphatic carbocycles.